The van der Waals surface area contributed by atoms with Crippen molar-refractivity contribution in [2.75, 3.05) is 32.4 Å². The zero-order chi connectivity index (χ0) is 12.5. The molecule has 0 saturated heterocycles. The molecule has 0 aromatic carbocycles. The van der Waals surface area contributed by atoms with Crippen LogP contribution in [0.4, 0.5) is 10.6 Å². The molecule has 7 heteroatoms. The maximum Gasteiger partial charge on any atom is 0.322 e. The molecule has 1 aromatic heterocycles. The number of pyridine rings is 1. The number of nitrogens with one attached hydrogen (secondary N) is 2. The Morgan fingerprint density at radius 1 is 1.47 bits per heavy atom. The van der Waals surface area contributed by atoms with Gasteiger partial charge in [-0.25, -0.2) is 9.78 Å². The fourth-order valence-corrected chi connectivity index (χ4v) is 1.05. The summed E-state index contributed by atoms with van der Waals surface area (Å²) in [5.41, 5.74) is 0. The first-order chi connectivity index (χ1) is 8.22. The summed E-state index contributed by atoms with van der Waals surface area (Å²) in [5.74, 6) is 0.420. The van der Waals surface area contributed by atoms with Crippen LogP contribution in [0.25, 0.3) is 0 Å². The quantitative estimate of drug-likeness (QED) is 0.600. The van der Waals surface area contributed by atoms with E-state index in [9.17, 15) is 4.79 Å². The highest BCUT2D eigenvalue weighted by molar-refractivity contribution is 6.30. The average Bonchev–Trinajstić information content (AvgIpc) is 2.32. The minimum Gasteiger partial charge on any atom is -0.382 e. The van der Waals surface area contributed by atoms with Crippen molar-refractivity contribution in [3.8, 4) is 0 Å². The molecular formula is C10H14ClN3O3. The lowest BCUT2D eigenvalue weighted by atomic mass is 10.4. The summed E-state index contributed by atoms with van der Waals surface area (Å²) < 4.78 is 9.84. The number of rotatable bonds is 6. The number of hydrogen-bond acceptors (Lipinski definition) is 4. The smallest absolute Gasteiger partial charge is 0.322 e. The molecular weight excluding hydrogens is 246 g/mol. The second-order valence-corrected chi connectivity index (χ2v) is 3.47. The minimum atomic E-state index is -0.391. The fraction of sp³-hybridized carbons (Fsp3) is 0.400. The number of carbonyl (C=O) groups excluding carboxylic acids is 1. The molecule has 0 aliphatic carbocycles. The van der Waals surface area contributed by atoms with Gasteiger partial charge in [-0.05, 0) is 12.1 Å². The first kappa shape index (κ1) is 13.7. The van der Waals surface area contributed by atoms with Gasteiger partial charge in [0, 0.05) is 13.3 Å². The van der Waals surface area contributed by atoms with Crippen LogP contribution in [-0.4, -0.2) is 38.1 Å². The van der Waals surface area contributed by atoms with Crippen molar-refractivity contribution in [1.29, 1.82) is 0 Å². The summed E-state index contributed by atoms with van der Waals surface area (Å²) in [6.07, 6.45) is 1.45. The van der Waals surface area contributed by atoms with E-state index in [4.69, 9.17) is 21.1 Å². The van der Waals surface area contributed by atoms with E-state index in [0.717, 1.165) is 0 Å². The van der Waals surface area contributed by atoms with E-state index in [1.165, 1.54) is 6.20 Å². The van der Waals surface area contributed by atoms with Gasteiger partial charge in [-0.15, -0.1) is 0 Å². The predicted molar refractivity (Wildman–Crippen MR) is 64.1 cm³/mol. The van der Waals surface area contributed by atoms with E-state index in [-0.39, 0.29) is 6.73 Å². The van der Waals surface area contributed by atoms with Gasteiger partial charge >= 0.3 is 6.03 Å². The Morgan fingerprint density at radius 3 is 2.94 bits per heavy atom. The molecule has 1 rings (SSSR count). The van der Waals surface area contributed by atoms with E-state index in [1.807, 2.05) is 0 Å². The number of ether oxygens (including phenoxy) is 2. The van der Waals surface area contributed by atoms with Gasteiger partial charge in [0.15, 0.2) is 0 Å². The van der Waals surface area contributed by atoms with Gasteiger partial charge in [0.2, 0.25) is 0 Å². The van der Waals surface area contributed by atoms with Gasteiger partial charge in [0.25, 0.3) is 0 Å². The monoisotopic (exact) mass is 259 g/mol. The molecule has 0 radical (unpaired) electrons. The summed E-state index contributed by atoms with van der Waals surface area (Å²) in [7, 11) is 1.58. The van der Waals surface area contributed by atoms with Crippen molar-refractivity contribution in [3.63, 3.8) is 0 Å². The Bertz CT molecular complexity index is 345. The average molecular weight is 260 g/mol. The van der Waals surface area contributed by atoms with Gasteiger partial charge in [-0.3, -0.25) is 5.32 Å². The van der Waals surface area contributed by atoms with Crippen LogP contribution >= 0.6 is 11.6 Å². The fourth-order valence-electron chi connectivity index (χ4n) is 0.941. The molecule has 0 atom stereocenters. The Labute approximate surface area is 104 Å². The van der Waals surface area contributed by atoms with Gasteiger partial charge < -0.3 is 14.8 Å². The third-order valence-electron chi connectivity index (χ3n) is 1.74. The van der Waals surface area contributed by atoms with E-state index in [2.05, 4.69) is 15.6 Å². The van der Waals surface area contributed by atoms with Gasteiger partial charge in [0.05, 0.1) is 18.2 Å². The first-order valence-corrected chi connectivity index (χ1v) is 5.33. The molecule has 17 heavy (non-hydrogen) atoms. The topological polar surface area (TPSA) is 72.5 Å². The molecule has 0 saturated carbocycles. The van der Waals surface area contributed by atoms with Crippen molar-refractivity contribution in [2.24, 2.45) is 0 Å². The van der Waals surface area contributed by atoms with Crippen molar-refractivity contribution >= 4 is 23.4 Å². The SMILES string of the molecule is COCCOCNC(=O)Nc1ccc(Cl)cn1. The maximum absolute atomic E-state index is 11.3. The molecule has 2 amide bonds. The molecule has 0 fully saturated rings. The molecule has 2 N–H and O–H groups in total. The standard InChI is InChI=1S/C10H14ClN3O3/c1-16-4-5-17-7-13-10(15)14-9-3-2-8(11)6-12-9/h2-3,6H,4-5,7H2,1H3,(H2,12,13,14,15). The van der Waals surface area contributed by atoms with Crippen molar-refractivity contribution in [3.05, 3.63) is 23.4 Å². The highest BCUT2D eigenvalue weighted by Gasteiger charge is 2.01. The third-order valence-corrected chi connectivity index (χ3v) is 1.96. The molecule has 6 nitrogen and oxygen atoms in total. The third kappa shape index (κ3) is 6.06. The maximum atomic E-state index is 11.3. The molecule has 1 aromatic rings. The highest BCUT2D eigenvalue weighted by atomic mass is 35.5. The largest absolute Gasteiger partial charge is 0.382 e. The van der Waals surface area contributed by atoms with Crippen LogP contribution in [0.5, 0.6) is 0 Å². The van der Waals surface area contributed by atoms with Crippen LogP contribution in [0.1, 0.15) is 0 Å². The minimum absolute atomic E-state index is 0.114. The van der Waals surface area contributed by atoms with Crippen LogP contribution < -0.4 is 10.6 Å². The van der Waals surface area contributed by atoms with Crippen LogP contribution in [0.15, 0.2) is 18.3 Å². The van der Waals surface area contributed by atoms with E-state index in [1.54, 1.807) is 19.2 Å². The van der Waals surface area contributed by atoms with Crippen LogP contribution in [0.2, 0.25) is 5.02 Å². The van der Waals surface area contributed by atoms with Crippen molar-refractivity contribution in [1.82, 2.24) is 10.3 Å². The second-order valence-electron chi connectivity index (χ2n) is 3.04. The predicted octanol–water partition coefficient (Wildman–Crippen LogP) is 1.48. The van der Waals surface area contributed by atoms with Gasteiger partial charge in [-0.2, -0.15) is 0 Å². The number of methoxy groups -OCH3 is 1. The highest BCUT2D eigenvalue weighted by Crippen LogP contribution is 2.08. The summed E-state index contributed by atoms with van der Waals surface area (Å²) in [4.78, 5) is 15.2. The summed E-state index contributed by atoms with van der Waals surface area (Å²) in [5, 5.41) is 5.55. The Morgan fingerprint density at radius 2 is 2.29 bits per heavy atom. The molecule has 0 aliphatic heterocycles. The van der Waals surface area contributed by atoms with E-state index < -0.39 is 6.03 Å². The molecule has 0 aliphatic rings. The van der Waals surface area contributed by atoms with E-state index in [0.29, 0.717) is 24.1 Å². The number of aromatic nitrogens is 1. The first-order valence-electron chi connectivity index (χ1n) is 4.95. The Balaban J connectivity index is 2.18. The number of nitrogens with zero attached hydrogens (tertiary/aromatic N) is 1. The number of hydrogen-bond donors (Lipinski definition) is 2. The lowest BCUT2D eigenvalue weighted by molar-refractivity contribution is 0.0650. The number of carbonyl (C=O) groups is 1. The van der Waals surface area contributed by atoms with E-state index >= 15 is 0 Å². The summed E-state index contributed by atoms with van der Waals surface area (Å²) in [6.45, 7) is 1.03. The number of amides is 2. The Hall–Kier alpha value is -1.37. The van der Waals surface area contributed by atoms with Gasteiger partial charge in [0.1, 0.15) is 12.5 Å². The summed E-state index contributed by atoms with van der Waals surface area (Å²) >= 11 is 5.66. The van der Waals surface area contributed by atoms with Crippen molar-refractivity contribution in [2.45, 2.75) is 0 Å². The Kier molecular flexibility index (Phi) is 6.31. The molecule has 0 spiro atoms. The van der Waals surface area contributed by atoms with Gasteiger partial charge in [-0.1, -0.05) is 11.6 Å². The van der Waals surface area contributed by atoms with Crippen LogP contribution in [-0.2, 0) is 9.47 Å². The molecule has 0 unspecified atom stereocenters. The lowest BCUT2D eigenvalue weighted by Crippen LogP contribution is -2.31. The summed E-state index contributed by atoms with van der Waals surface area (Å²) in [6, 6.07) is 2.85. The normalized spacial score (nSPS) is 10.0. The molecule has 1 heterocycles. The van der Waals surface area contributed by atoms with Crippen LogP contribution in [0, 0.1) is 0 Å². The molecule has 94 valence electrons. The van der Waals surface area contributed by atoms with Crippen LogP contribution in [0.3, 0.4) is 0 Å². The zero-order valence-electron chi connectivity index (χ0n) is 9.40. The number of urea groups is 1. The zero-order valence-corrected chi connectivity index (χ0v) is 10.2. The van der Waals surface area contributed by atoms with Crippen molar-refractivity contribution < 1.29 is 14.3 Å². The lowest BCUT2D eigenvalue weighted by Gasteiger charge is -2.07. The second kappa shape index (κ2) is 7.83. The number of anilines is 1. The number of halogens is 1. The molecule has 0 bridgehead atoms.